The average Bonchev–Trinajstić information content (AvgIpc) is 2.96. The van der Waals surface area contributed by atoms with E-state index in [-0.39, 0.29) is 5.82 Å². The van der Waals surface area contributed by atoms with Crippen LogP contribution in [0.2, 0.25) is 0 Å². The van der Waals surface area contributed by atoms with Gasteiger partial charge in [-0.25, -0.2) is 4.39 Å². The topological polar surface area (TPSA) is 12.0 Å². The lowest BCUT2D eigenvalue weighted by atomic mass is 9.99. The molecule has 0 spiro atoms. The first kappa shape index (κ1) is 11.6. The van der Waals surface area contributed by atoms with E-state index in [1.54, 1.807) is 6.07 Å². The van der Waals surface area contributed by atoms with Crippen LogP contribution < -0.4 is 5.32 Å². The zero-order valence-corrected chi connectivity index (χ0v) is 10.3. The Morgan fingerprint density at radius 2 is 2.19 bits per heavy atom. The largest absolute Gasteiger partial charge is 0.310 e. The SMILES string of the molecule is CCNC(c1ccc(F)c(C)c1)C1CC1C. The van der Waals surface area contributed by atoms with Gasteiger partial charge in [0.25, 0.3) is 0 Å². The summed E-state index contributed by atoms with van der Waals surface area (Å²) in [5.41, 5.74) is 1.98. The van der Waals surface area contributed by atoms with E-state index in [4.69, 9.17) is 0 Å². The van der Waals surface area contributed by atoms with Gasteiger partial charge in [0, 0.05) is 6.04 Å². The fourth-order valence-electron chi connectivity index (χ4n) is 2.41. The quantitative estimate of drug-likeness (QED) is 0.821. The second-order valence-electron chi connectivity index (χ2n) is 4.92. The predicted octanol–water partition coefficient (Wildman–Crippen LogP) is 3.44. The highest BCUT2D eigenvalue weighted by Gasteiger charge is 2.39. The molecule has 0 aliphatic heterocycles. The molecule has 0 heterocycles. The molecule has 1 aliphatic carbocycles. The zero-order chi connectivity index (χ0) is 11.7. The minimum absolute atomic E-state index is 0.108. The molecular weight excluding hydrogens is 201 g/mol. The summed E-state index contributed by atoms with van der Waals surface area (Å²) in [5.74, 6) is 1.42. The normalized spacial score (nSPS) is 25.5. The molecule has 1 aromatic rings. The molecule has 1 fully saturated rings. The summed E-state index contributed by atoms with van der Waals surface area (Å²) in [4.78, 5) is 0. The molecule has 2 rings (SSSR count). The number of benzene rings is 1. The molecule has 0 radical (unpaired) electrons. The van der Waals surface area contributed by atoms with Crippen molar-refractivity contribution in [3.05, 3.63) is 35.1 Å². The summed E-state index contributed by atoms with van der Waals surface area (Å²) in [6.07, 6.45) is 1.29. The molecule has 1 N–H and O–H groups in total. The summed E-state index contributed by atoms with van der Waals surface area (Å²) < 4.78 is 13.2. The second-order valence-corrected chi connectivity index (χ2v) is 4.92. The van der Waals surface area contributed by atoms with Crippen LogP contribution in [0.4, 0.5) is 4.39 Å². The standard InChI is InChI=1S/C14H20FN/c1-4-16-14(12-8-9(12)2)11-5-6-13(15)10(3)7-11/h5-7,9,12,14,16H,4,8H2,1-3H3. The van der Waals surface area contributed by atoms with Crippen LogP contribution in [0.1, 0.15) is 37.4 Å². The molecule has 0 bridgehead atoms. The van der Waals surface area contributed by atoms with Gasteiger partial charge < -0.3 is 5.32 Å². The first-order valence-electron chi connectivity index (χ1n) is 6.13. The molecule has 2 heteroatoms. The molecule has 3 unspecified atom stereocenters. The average molecular weight is 221 g/mol. The Balaban J connectivity index is 2.21. The van der Waals surface area contributed by atoms with Crippen LogP contribution in [0.3, 0.4) is 0 Å². The van der Waals surface area contributed by atoms with E-state index in [0.29, 0.717) is 6.04 Å². The predicted molar refractivity (Wildman–Crippen MR) is 64.8 cm³/mol. The minimum atomic E-state index is -0.108. The molecule has 1 aliphatic rings. The van der Waals surface area contributed by atoms with Gasteiger partial charge in [-0.1, -0.05) is 26.0 Å². The van der Waals surface area contributed by atoms with Crippen molar-refractivity contribution in [3.8, 4) is 0 Å². The summed E-state index contributed by atoms with van der Waals surface area (Å²) in [6, 6.07) is 5.88. The highest BCUT2D eigenvalue weighted by molar-refractivity contribution is 5.28. The zero-order valence-electron chi connectivity index (χ0n) is 10.3. The maximum Gasteiger partial charge on any atom is 0.126 e. The molecule has 1 saturated carbocycles. The molecule has 3 atom stereocenters. The van der Waals surface area contributed by atoms with Crippen LogP contribution in [0.25, 0.3) is 0 Å². The van der Waals surface area contributed by atoms with Gasteiger partial charge in [0.1, 0.15) is 5.82 Å². The van der Waals surface area contributed by atoms with Crippen molar-refractivity contribution in [2.24, 2.45) is 11.8 Å². The lowest BCUT2D eigenvalue weighted by molar-refractivity contribution is 0.474. The van der Waals surface area contributed by atoms with Crippen LogP contribution in [0.5, 0.6) is 0 Å². The number of hydrogen-bond donors (Lipinski definition) is 1. The van der Waals surface area contributed by atoms with Crippen LogP contribution >= 0.6 is 0 Å². The Hall–Kier alpha value is -0.890. The van der Waals surface area contributed by atoms with Gasteiger partial charge >= 0.3 is 0 Å². The third kappa shape index (κ3) is 2.27. The summed E-state index contributed by atoms with van der Waals surface area (Å²) in [6.45, 7) is 7.20. The second kappa shape index (κ2) is 4.54. The van der Waals surface area contributed by atoms with E-state index in [9.17, 15) is 4.39 Å². The monoisotopic (exact) mass is 221 g/mol. The van der Waals surface area contributed by atoms with Crippen molar-refractivity contribution in [2.45, 2.75) is 33.2 Å². The van der Waals surface area contributed by atoms with Crippen LogP contribution in [0.15, 0.2) is 18.2 Å². The van der Waals surface area contributed by atoms with E-state index >= 15 is 0 Å². The Morgan fingerprint density at radius 3 is 2.69 bits per heavy atom. The molecule has 1 aromatic carbocycles. The fourth-order valence-corrected chi connectivity index (χ4v) is 2.41. The first-order valence-corrected chi connectivity index (χ1v) is 6.13. The third-order valence-electron chi connectivity index (χ3n) is 3.57. The summed E-state index contributed by atoms with van der Waals surface area (Å²) >= 11 is 0. The van der Waals surface area contributed by atoms with E-state index in [1.807, 2.05) is 19.1 Å². The van der Waals surface area contributed by atoms with Crippen LogP contribution in [-0.4, -0.2) is 6.54 Å². The lowest BCUT2D eigenvalue weighted by Crippen LogP contribution is -2.23. The van der Waals surface area contributed by atoms with E-state index in [1.165, 1.54) is 12.0 Å². The highest BCUT2D eigenvalue weighted by atomic mass is 19.1. The minimum Gasteiger partial charge on any atom is -0.310 e. The molecule has 1 nitrogen and oxygen atoms in total. The van der Waals surface area contributed by atoms with E-state index < -0.39 is 0 Å². The van der Waals surface area contributed by atoms with Gasteiger partial charge in [-0.15, -0.1) is 0 Å². The Morgan fingerprint density at radius 1 is 1.50 bits per heavy atom. The maximum atomic E-state index is 13.2. The Kier molecular flexibility index (Phi) is 3.29. The molecule has 16 heavy (non-hydrogen) atoms. The van der Waals surface area contributed by atoms with Crippen molar-refractivity contribution >= 4 is 0 Å². The van der Waals surface area contributed by atoms with Crippen molar-refractivity contribution < 1.29 is 4.39 Å². The maximum absolute atomic E-state index is 13.2. The highest BCUT2D eigenvalue weighted by Crippen LogP contribution is 2.47. The van der Waals surface area contributed by atoms with Crippen molar-refractivity contribution in [1.29, 1.82) is 0 Å². The van der Waals surface area contributed by atoms with Crippen LogP contribution in [0, 0.1) is 24.6 Å². The van der Waals surface area contributed by atoms with Crippen molar-refractivity contribution in [3.63, 3.8) is 0 Å². The van der Waals surface area contributed by atoms with E-state index in [0.717, 1.165) is 23.9 Å². The lowest BCUT2D eigenvalue weighted by Gasteiger charge is -2.19. The fraction of sp³-hybridized carbons (Fsp3) is 0.571. The van der Waals surface area contributed by atoms with E-state index in [2.05, 4.69) is 19.2 Å². The molecule has 0 amide bonds. The summed E-state index contributed by atoms with van der Waals surface area (Å²) in [7, 11) is 0. The van der Waals surface area contributed by atoms with Gasteiger partial charge in [-0.05, 0) is 48.9 Å². The number of aryl methyl sites for hydroxylation is 1. The molecular formula is C14H20FN. The number of nitrogens with one attached hydrogen (secondary N) is 1. The van der Waals surface area contributed by atoms with Gasteiger partial charge in [0.2, 0.25) is 0 Å². The first-order chi connectivity index (χ1) is 7.63. The smallest absolute Gasteiger partial charge is 0.126 e. The van der Waals surface area contributed by atoms with Gasteiger partial charge in [-0.3, -0.25) is 0 Å². The number of rotatable bonds is 4. The van der Waals surface area contributed by atoms with Crippen molar-refractivity contribution in [2.75, 3.05) is 6.54 Å². The number of hydrogen-bond acceptors (Lipinski definition) is 1. The Labute approximate surface area is 97.1 Å². The molecule has 0 aromatic heterocycles. The van der Waals surface area contributed by atoms with Gasteiger partial charge in [0.15, 0.2) is 0 Å². The van der Waals surface area contributed by atoms with Gasteiger partial charge in [-0.2, -0.15) is 0 Å². The summed E-state index contributed by atoms with van der Waals surface area (Å²) in [5, 5.41) is 3.52. The molecule has 88 valence electrons. The molecule has 0 saturated heterocycles. The Bertz CT molecular complexity index is 375. The third-order valence-corrected chi connectivity index (χ3v) is 3.57. The van der Waals surface area contributed by atoms with Crippen LogP contribution in [-0.2, 0) is 0 Å². The number of halogens is 1. The van der Waals surface area contributed by atoms with Gasteiger partial charge in [0.05, 0.1) is 0 Å². The van der Waals surface area contributed by atoms with Crippen molar-refractivity contribution in [1.82, 2.24) is 5.32 Å².